The Hall–Kier alpha value is 2.87. The first-order valence-corrected chi connectivity index (χ1v) is 13.6. The van der Waals surface area contributed by atoms with E-state index in [1.807, 2.05) is 20.8 Å². The number of phosphoric acid groups is 1. The molecule has 164 valence electrons. The van der Waals surface area contributed by atoms with Crippen LogP contribution in [0.1, 0.15) is 59.3 Å². The molecule has 14 heteroatoms. The van der Waals surface area contributed by atoms with Crippen LogP contribution in [0.4, 0.5) is 0 Å². The molecule has 6 N–H and O–H groups in total. The van der Waals surface area contributed by atoms with Gasteiger partial charge in [-0.05, 0) is 115 Å². The van der Waals surface area contributed by atoms with E-state index in [1.54, 1.807) is 0 Å². The lowest BCUT2D eigenvalue weighted by Crippen LogP contribution is -2.06. The second kappa shape index (κ2) is 18.6. The van der Waals surface area contributed by atoms with Gasteiger partial charge in [-0.15, -0.1) is 0 Å². The van der Waals surface area contributed by atoms with E-state index >= 15 is 0 Å². The molecule has 0 unspecified atom stereocenters. The van der Waals surface area contributed by atoms with Crippen LogP contribution in [0.3, 0.4) is 0 Å². The number of alkyl halides is 6. The molecule has 0 saturated carbocycles. The summed E-state index contributed by atoms with van der Waals surface area (Å²) in [6.07, 6.45) is 5.08. The molecular weight excluding hydrogens is 767 g/mol. The molecule has 0 fully saturated rings. The average Bonchev–Trinajstić information content (AvgIpc) is 2.22. The minimum absolute atomic E-state index is 0.729. The lowest BCUT2D eigenvalue weighted by molar-refractivity contribution is 0.232. The van der Waals surface area contributed by atoms with Gasteiger partial charge in [0, 0.05) is 0 Å². The topological polar surface area (TPSA) is 138 Å². The summed E-state index contributed by atoms with van der Waals surface area (Å²) < 4.78 is 6.41. The zero-order valence-corrected chi connectivity index (χ0v) is 25.0. The molecule has 0 spiro atoms. The lowest BCUT2D eigenvalue weighted by atomic mass is 10.4. The number of rotatable bonds is 6. The standard InChI is InChI=1S/3C4H8Br2O.H3O4P/c3*1-2-3-4(5,6)7;1-5(2,3)4/h3*7H,2-3H2,1H3;(H3,1,2,3,4). The minimum atomic E-state index is -4.64. The van der Waals surface area contributed by atoms with E-state index in [-0.39, 0.29) is 0 Å². The molecule has 7 nitrogen and oxygen atoms in total. The van der Waals surface area contributed by atoms with Crippen molar-refractivity contribution < 1.29 is 34.6 Å². The summed E-state index contributed by atoms with van der Waals surface area (Å²) in [6.45, 7) is 6.02. The fraction of sp³-hybridized carbons (Fsp3) is 1.00. The first-order valence-electron chi connectivity index (χ1n) is 7.27. The van der Waals surface area contributed by atoms with Crippen molar-refractivity contribution in [3.05, 3.63) is 0 Å². The maximum absolute atomic E-state index is 8.88. The van der Waals surface area contributed by atoms with E-state index in [4.69, 9.17) is 34.6 Å². The molecule has 0 heterocycles. The Morgan fingerprint density at radius 1 is 0.615 bits per heavy atom. The van der Waals surface area contributed by atoms with Crippen molar-refractivity contribution in [1.29, 1.82) is 0 Å². The van der Waals surface area contributed by atoms with Crippen LogP contribution >= 0.6 is 103 Å². The maximum Gasteiger partial charge on any atom is 0.466 e. The number of aliphatic hydroxyl groups is 3. The number of halogens is 6. The zero-order valence-electron chi connectivity index (χ0n) is 14.5. The molecule has 26 heavy (non-hydrogen) atoms. The molecule has 0 aliphatic heterocycles. The summed E-state index contributed by atoms with van der Waals surface area (Å²) in [6, 6.07) is 0. The summed E-state index contributed by atoms with van der Waals surface area (Å²) in [5, 5.41) is 26.6. The van der Waals surface area contributed by atoms with Crippen LogP contribution < -0.4 is 0 Å². The van der Waals surface area contributed by atoms with E-state index in [1.165, 1.54) is 0 Å². The van der Waals surface area contributed by atoms with Gasteiger partial charge in [0.25, 0.3) is 0 Å². The molecular formula is C12H27Br6O7P. The van der Waals surface area contributed by atoms with Crippen molar-refractivity contribution in [2.75, 3.05) is 0 Å². The minimum Gasteiger partial charge on any atom is -0.369 e. The summed E-state index contributed by atoms with van der Waals surface area (Å²) in [5.74, 6) is 0. The second-order valence-electron chi connectivity index (χ2n) is 4.76. The highest BCUT2D eigenvalue weighted by atomic mass is 79.9. The molecule has 0 aliphatic rings. The van der Waals surface area contributed by atoms with Gasteiger partial charge in [0.05, 0.1) is 0 Å². The van der Waals surface area contributed by atoms with E-state index in [0.717, 1.165) is 38.5 Å². The molecule has 0 aromatic carbocycles. The summed E-state index contributed by atoms with van der Waals surface area (Å²) in [7, 11) is -4.64. The Morgan fingerprint density at radius 2 is 0.731 bits per heavy atom. The van der Waals surface area contributed by atoms with Gasteiger partial charge in [-0.3, -0.25) is 0 Å². The first-order chi connectivity index (χ1) is 11.2. The predicted octanol–water partition coefficient (Wildman–Crippen LogP) is 5.74. The number of hydrogen-bond acceptors (Lipinski definition) is 4. The monoisotopic (exact) mass is 788 g/mol. The van der Waals surface area contributed by atoms with Crippen molar-refractivity contribution >= 4 is 103 Å². The van der Waals surface area contributed by atoms with Gasteiger partial charge in [-0.25, -0.2) is 4.57 Å². The summed E-state index contributed by atoms with van der Waals surface area (Å²) >= 11 is 18.1. The highest BCUT2D eigenvalue weighted by molar-refractivity contribution is 9.25. The van der Waals surface area contributed by atoms with Gasteiger partial charge in [0.15, 0.2) is 10.3 Å². The van der Waals surface area contributed by atoms with Crippen LogP contribution in [-0.2, 0) is 4.57 Å². The van der Waals surface area contributed by atoms with Gasteiger partial charge >= 0.3 is 7.82 Å². The Kier molecular flexibility index (Phi) is 26.0. The molecule has 0 bridgehead atoms. The van der Waals surface area contributed by atoms with Crippen LogP contribution in [0.25, 0.3) is 0 Å². The quantitative estimate of drug-likeness (QED) is 0.149. The van der Waals surface area contributed by atoms with Crippen LogP contribution in [-0.4, -0.2) is 40.3 Å². The molecule has 0 rings (SSSR count). The Balaban J connectivity index is -0.000000125. The lowest BCUT2D eigenvalue weighted by Gasteiger charge is -2.08. The summed E-state index contributed by atoms with van der Waals surface area (Å²) in [4.78, 5) is 21.6. The van der Waals surface area contributed by atoms with E-state index in [0.29, 0.717) is 0 Å². The molecule has 0 atom stereocenters. The van der Waals surface area contributed by atoms with Crippen LogP contribution in [0, 0.1) is 0 Å². The zero-order chi connectivity index (χ0) is 22.2. The van der Waals surface area contributed by atoms with Crippen LogP contribution in [0.15, 0.2) is 0 Å². The molecule has 0 aromatic rings. The highest BCUT2D eigenvalue weighted by Crippen LogP contribution is 2.28. The first kappa shape index (κ1) is 36.3. The van der Waals surface area contributed by atoms with Gasteiger partial charge in [0.2, 0.25) is 0 Å². The number of hydrogen-bond donors (Lipinski definition) is 6. The third-order valence-corrected chi connectivity index (χ3v) is 4.03. The third-order valence-electron chi connectivity index (χ3n) is 1.65. The molecule has 0 saturated heterocycles. The fourth-order valence-corrected chi connectivity index (χ4v) is 3.28. The van der Waals surface area contributed by atoms with E-state index in [2.05, 4.69) is 95.6 Å². The largest absolute Gasteiger partial charge is 0.466 e. The maximum atomic E-state index is 8.88. The molecule has 0 radical (unpaired) electrons. The van der Waals surface area contributed by atoms with Crippen molar-refractivity contribution in [3.8, 4) is 0 Å². The average molecular weight is 794 g/mol. The van der Waals surface area contributed by atoms with Gasteiger partial charge in [0.1, 0.15) is 0 Å². The highest BCUT2D eigenvalue weighted by Gasteiger charge is 2.15. The second-order valence-corrected chi connectivity index (χ2v) is 16.9. The van der Waals surface area contributed by atoms with Crippen molar-refractivity contribution in [3.63, 3.8) is 0 Å². The fourth-order valence-electron chi connectivity index (χ4n) is 0.902. The van der Waals surface area contributed by atoms with Crippen molar-refractivity contribution in [2.24, 2.45) is 0 Å². The predicted molar refractivity (Wildman–Crippen MR) is 127 cm³/mol. The molecule has 0 amide bonds. The third kappa shape index (κ3) is 81.3. The Morgan fingerprint density at radius 3 is 0.731 bits per heavy atom. The van der Waals surface area contributed by atoms with E-state index in [9.17, 15) is 0 Å². The summed E-state index contributed by atoms with van der Waals surface area (Å²) in [5.41, 5.74) is 0. The van der Waals surface area contributed by atoms with Crippen LogP contribution in [0.5, 0.6) is 0 Å². The van der Waals surface area contributed by atoms with Gasteiger partial charge in [-0.1, -0.05) is 40.0 Å². The van der Waals surface area contributed by atoms with Crippen molar-refractivity contribution in [1.82, 2.24) is 0 Å². The van der Waals surface area contributed by atoms with Crippen LogP contribution in [0.2, 0.25) is 0 Å². The smallest absolute Gasteiger partial charge is 0.369 e. The Labute approximate surface area is 205 Å². The van der Waals surface area contributed by atoms with E-state index < -0.39 is 18.1 Å². The molecule has 0 aromatic heterocycles. The van der Waals surface area contributed by atoms with Gasteiger partial charge < -0.3 is 30.0 Å². The Bertz CT molecular complexity index is 303. The van der Waals surface area contributed by atoms with Crippen molar-refractivity contribution in [2.45, 2.75) is 69.6 Å². The molecule has 0 aliphatic carbocycles. The SMILES string of the molecule is CCCC(O)(Br)Br.CCCC(O)(Br)Br.CCCC(O)(Br)Br.O=P(O)(O)O. The van der Waals surface area contributed by atoms with Gasteiger partial charge in [-0.2, -0.15) is 0 Å². The normalized spacial score (nSPS) is 12.0.